The lowest BCUT2D eigenvalue weighted by atomic mass is 9.84. The summed E-state index contributed by atoms with van der Waals surface area (Å²) in [6.45, 7) is 3.64. The third-order valence-electron chi connectivity index (χ3n) is 3.45. The summed E-state index contributed by atoms with van der Waals surface area (Å²) < 4.78 is 18.4. The Labute approximate surface area is 81.6 Å². The number of carbonyl (C=O) groups excluding carboxylic acids is 2. The quantitative estimate of drug-likeness (QED) is 0.595. The highest BCUT2D eigenvalue weighted by atomic mass is 19.1. The van der Waals surface area contributed by atoms with Gasteiger partial charge < -0.3 is 4.74 Å². The number of ether oxygens (including phenoxy) is 1. The van der Waals surface area contributed by atoms with Crippen molar-refractivity contribution >= 4 is 11.8 Å². The van der Waals surface area contributed by atoms with Gasteiger partial charge in [-0.1, -0.05) is 13.8 Å². The Kier molecular flexibility index (Phi) is 1.62. The predicted molar refractivity (Wildman–Crippen MR) is 46.2 cm³/mol. The van der Waals surface area contributed by atoms with Gasteiger partial charge in [-0.2, -0.15) is 0 Å². The Morgan fingerprint density at radius 2 is 2.14 bits per heavy atom. The summed E-state index contributed by atoms with van der Waals surface area (Å²) in [6, 6.07) is 0. The van der Waals surface area contributed by atoms with Gasteiger partial charge in [-0.15, -0.1) is 0 Å². The zero-order chi connectivity index (χ0) is 10.7. The van der Waals surface area contributed by atoms with Crippen LogP contribution in [-0.2, 0) is 14.3 Å². The first-order valence-corrected chi connectivity index (χ1v) is 4.65. The number of hydrogen-bond donors (Lipinski definition) is 0. The molecule has 2 aliphatic rings. The fourth-order valence-corrected chi connectivity index (χ4v) is 2.88. The molecule has 78 valence electrons. The maximum atomic E-state index is 14.1. The number of rotatable bonds is 1. The third kappa shape index (κ3) is 0.863. The fraction of sp³-hybridized carbons (Fsp3) is 0.800. The summed E-state index contributed by atoms with van der Waals surface area (Å²) in [5, 5.41) is 0. The van der Waals surface area contributed by atoms with E-state index in [0.717, 1.165) is 7.11 Å². The molecule has 0 amide bonds. The average molecular weight is 200 g/mol. The van der Waals surface area contributed by atoms with Crippen LogP contribution in [0.25, 0.3) is 0 Å². The molecular formula is C10H13FO3. The average Bonchev–Trinajstić information content (AvgIpc) is 2.63. The Hall–Kier alpha value is -0.930. The molecule has 3 atom stereocenters. The van der Waals surface area contributed by atoms with E-state index in [4.69, 9.17) is 0 Å². The number of alkyl halides is 1. The Morgan fingerprint density at radius 1 is 1.57 bits per heavy atom. The van der Waals surface area contributed by atoms with Crippen LogP contribution in [0.1, 0.15) is 20.3 Å². The topological polar surface area (TPSA) is 43.4 Å². The van der Waals surface area contributed by atoms with Crippen molar-refractivity contribution in [3.8, 4) is 0 Å². The molecule has 4 heteroatoms. The van der Waals surface area contributed by atoms with E-state index in [-0.39, 0.29) is 5.78 Å². The molecule has 3 unspecified atom stereocenters. The SMILES string of the molecule is COC(=O)C1(F)C2C(=O)CC(C)(C)C21. The molecule has 0 aromatic carbocycles. The molecule has 0 heterocycles. The van der Waals surface area contributed by atoms with Crippen LogP contribution < -0.4 is 0 Å². The number of hydrogen-bond acceptors (Lipinski definition) is 3. The Bertz CT molecular complexity index is 323. The van der Waals surface area contributed by atoms with E-state index in [1.54, 1.807) is 0 Å². The number of methoxy groups -OCH3 is 1. The van der Waals surface area contributed by atoms with Gasteiger partial charge in [0.25, 0.3) is 0 Å². The number of ketones is 1. The molecule has 0 spiro atoms. The lowest BCUT2D eigenvalue weighted by Crippen LogP contribution is -2.32. The monoisotopic (exact) mass is 200 g/mol. The summed E-state index contributed by atoms with van der Waals surface area (Å²) in [6.07, 6.45) is 0.366. The highest BCUT2D eigenvalue weighted by Gasteiger charge is 2.82. The zero-order valence-corrected chi connectivity index (χ0v) is 8.46. The van der Waals surface area contributed by atoms with Crippen molar-refractivity contribution in [2.45, 2.75) is 25.9 Å². The first-order valence-electron chi connectivity index (χ1n) is 4.65. The van der Waals surface area contributed by atoms with Crippen molar-refractivity contribution < 1.29 is 18.7 Å². The minimum Gasteiger partial charge on any atom is -0.467 e. The number of esters is 1. The summed E-state index contributed by atoms with van der Waals surface area (Å²) in [5.41, 5.74) is -2.45. The van der Waals surface area contributed by atoms with Crippen molar-refractivity contribution in [1.82, 2.24) is 0 Å². The number of fused-ring (bicyclic) bond motifs is 1. The third-order valence-corrected chi connectivity index (χ3v) is 3.45. The van der Waals surface area contributed by atoms with Crippen molar-refractivity contribution in [2.24, 2.45) is 17.3 Å². The molecule has 2 fully saturated rings. The zero-order valence-electron chi connectivity index (χ0n) is 8.46. The van der Waals surface area contributed by atoms with Crippen LogP contribution in [0, 0.1) is 17.3 Å². The van der Waals surface area contributed by atoms with E-state index >= 15 is 0 Å². The second-order valence-electron chi connectivity index (χ2n) is 4.85. The molecule has 0 aromatic heterocycles. The van der Waals surface area contributed by atoms with Gasteiger partial charge in [0.15, 0.2) is 0 Å². The standard InChI is InChI=1S/C10H13FO3/c1-9(2)4-5(12)6-7(9)10(6,11)8(13)14-3/h6-7H,4H2,1-3H3. The van der Waals surface area contributed by atoms with Crippen molar-refractivity contribution in [3.63, 3.8) is 0 Å². The number of halogens is 1. The van der Waals surface area contributed by atoms with E-state index < -0.39 is 28.9 Å². The van der Waals surface area contributed by atoms with Gasteiger partial charge in [-0.05, 0) is 5.41 Å². The molecule has 0 saturated heterocycles. The van der Waals surface area contributed by atoms with Crippen molar-refractivity contribution in [1.29, 1.82) is 0 Å². The van der Waals surface area contributed by atoms with Crippen LogP contribution in [0.3, 0.4) is 0 Å². The van der Waals surface area contributed by atoms with Crippen molar-refractivity contribution in [3.05, 3.63) is 0 Å². The summed E-state index contributed by atoms with van der Waals surface area (Å²) >= 11 is 0. The molecule has 2 saturated carbocycles. The van der Waals surface area contributed by atoms with E-state index in [1.807, 2.05) is 13.8 Å². The van der Waals surface area contributed by atoms with Crippen LogP contribution in [-0.4, -0.2) is 24.5 Å². The molecule has 0 bridgehead atoms. The van der Waals surface area contributed by atoms with Crippen LogP contribution >= 0.6 is 0 Å². The molecule has 0 radical (unpaired) electrons. The van der Waals surface area contributed by atoms with E-state index in [1.165, 1.54) is 0 Å². The highest BCUT2D eigenvalue weighted by Crippen LogP contribution is 2.69. The van der Waals surface area contributed by atoms with Gasteiger partial charge in [0.1, 0.15) is 5.78 Å². The molecule has 2 aliphatic carbocycles. The second-order valence-corrected chi connectivity index (χ2v) is 4.85. The molecule has 0 aromatic rings. The Morgan fingerprint density at radius 3 is 2.50 bits per heavy atom. The summed E-state index contributed by atoms with van der Waals surface area (Å²) in [5.74, 6) is -2.26. The summed E-state index contributed by atoms with van der Waals surface area (Å²) in [4.78, 5) is 22.6. The van der Waals surface area contributed by atoms with Gasteiger partial charge >= 0.3 is 5.97 Å². The Balaban J connectivity index is 2.31. The van der Waals surface area contributed by atoms with Crippen LogP contribution in [0.5, 0.6) is 0 Å². The van der Waals surface area contributed by atoms with E-state index in [2.05, 4.69) is 4.74 Å². The van der Waals surface area contributed by atoms with Crippen LogP contribution in [0.15, 0.2) is 0 Å². The van der Waals surface area contributed by atoms with Crippen LogP contribution in [0.4, 0.5) is 4.39 Å². The molecule has 0 N–H and O–H groups in total. The molecule has 14 heavy (non-hydrogen) atoms. The fourth-order valence-electron chi connectivity index (χ4n) is 2.88. The van der Waals surface area contributed by atoms with Crippen LogP contribution in [0.2, 0.25) is 0 Å². The first kappa shape index (κ1) is 9.62. The predicted octanol–water partition coefficient (Wildman–Crippen LogP) is 1.11. The molecular weight excluding hydrogens is 187 g/mol. The van der Waals surface area contributed by atoms with Gasteiger partial charge in [0.05, 0.1) is 13.0 Å². The smallest absolute Gasteiger partial charge is 0.344 e. The molecule has 2 rings (SSSR count). The van der Waals surface area contributed by atoms with Gasteiger partial charge in [0, 0.05) is 12.3 Å². The minimum absolute atomic E-state index is 0.145. The van der Waals surface area contributed by atoms with Gasteiger partial charge in [-0.3, -0.25) is 4.79 Å². The van der Waals surface area contributed by atoms with Gasteiger partial charge in [0.2, 0.25) is 5.67 Å². The first-order chi connectivity index (χ1) is 6.35. The normalized spacial score (nSPS) is 43.3. The second kappa shape index (κ2) is 2.35. The van der Waals surface area contributed by atoms with E-state index in [0.29, 0.717) is 6.42 Å². The summed E-state index contributed by atoms with van der Waals surface area (Å²) in [7, 11) is 1.15. The highest BCUT2D eigenvalue weighted by molar-refractivity contribution is 6.00. The maximum Gasteiger partial charge on any atom is 0.344 e. The molecule has 3 nitrogen and oxygen atoms in total. The van der Waals surface area contributed by atoms with E-state index in [9.17, 15) is 14.0 Å². The largest absolute Gasteiger partial charge is 0.467 e. The number of carbonyl (C=O) groups is 2. The lowest BCUT2D eigenvalue weighted by molar-refractivity contribution is -0.152. The van der Waals surface area contributed by atoms with Crippen molar-refractivity contribution in [2.75, 3.05) is 7.11 Å². The van der Waals surface area contributed by atoms with Gasteiger partial charge in [-0.25, -0.2) is 9.18 Å². The molecule has 0 aliphatic heterocycles. The number of Topliss-reactive ketones (excluding diaryl/α,β-unsaturated/α-hetero) is 1. The lowest BCUT2D eigenvalue weighted by Gasteiger charge is -2.22. The minimum atomic E-state index is -2.03. The maximum absolute atomic E-state index is 14.1.